The maximum Gasteiger partial charge on any atom is 0.259 e. The molecule has 5 atom stereocenters. The number of benzene rings is 1. The van der Waals surface area contributed by atoms with Gasteiger partial charge in [-0.3, -0.25) is 28.9 Å². The lowest BCUT2D eigenvalue weighted by atomic mass is 10.0. The molecule has 0 radical (unpaired) electrons. The number of sulfonamides is 1. The van der Waals surface area contributed by atoms with E-state index in [1.807, 2.05) is 6.08 Å². The highest BCUT2D eigenvalue weighted by Crippen LogP contribution is 2.47. The predicted molar refractivity (Wildman–Crippen MR) is 190 cm³/mol. The minimum atomic E-state index is -4.04. The number of carbonyl (C=O) groups excluding carboxylic acids is 4. The smallest absolute Gasteiger partial charge is 0.259 e. The number of nitrogens with one attached hydrogen (secondary N) is 3. The highest BCUT2D eigenvalue weighted by atomic mass is 32.2. The van der Waals surface area contributed by atoms with Gasteiger partial charge in [-0.05, 0) is 70.6 Å². The van der Waals surface area contributed by atoms with E-state index in [4.69, 9.17) is 4.74 Å². The van der Waals surface area contributed by atoms with Crippen molar-refractivity contribution in [3.8, 4) is 5.88 Å². The van der Waals surface area contributed by atoms with Crippen LogP contribution in [-0.4, -0.2) is 86.9 Å². The second kappa shape index (κ2) is 14.3. The number of para-hydroxylation sites is 1. The quantitative estimate of drug-likeness (QED) is 0.302. The summed E-state index contributed by atoms with van der Waals surface area (Å²) >= 11 is 0. The Labute approximate surface area is 310 Å². The van der Waals surface area contributed by atoms with Gasteiger partial charge >= 0.3 is 0 Å². The Balaban J connectivity index is 1.21. The van der Waals surface area contributed by atoms with Crippen LogP contribution in [0, 0.1) is 24.5 Å². The molecule has 0 spiro atoms. The standard InChI is InChI=1S/C37H41F2N7O7S/c1-21-33(43-30-25(38)10-8-12-27(30)41-21)53-23-17-29-32(48)44-37(35(50)45-54(51,52)36(2)14-15-36)18-22(37)9-6-4-3-5-7-11-28(34(49)46(29)20-23)42-31(47)24-13-16-40-19-26(24)39/h6,8-10,12-13,16,19,22-23,28-29H,3-5,7,11,14-15,17-18,20H2,1-2H3,(H,42,47)(H,44,48)(H,45,50)/t22-,23-,28+,29+,37-/m1/s1. The molecule has 286 valence electrons. The molecule has 1 aromatic carbocycles. The first kappa shape index (κ1) is 37.3. The average molecular weight is 766 g/mol. The first-order valence-electron chi connectivity index (χ1n) is 18.1. The molecule has 4 aliphatic rings. The molecule has 0 bridgehead atoms. The number of aromatic nitrogens is 3. The van der Waals surface area contributed by atoms with Gasteiger partial charge in [-0.1, -0.05) is 31.1 Å². The van der Waals surface area contributed by atoms with Gasteiger partial charge in [-0.2, -0.15) is 0 Å². The highest BCUT2D eigenvalue weighted by molar-refractivity contribution is 7.91. The van der Waals surface area contributed by atoms with Gasteiger partial charge in [-0.25, -0.2) is 27.2 Å². The number of allylic oxidation sites excluding steroid dienone is 1. The largest absolute Gasteiger partial charge is 0.471 e. The minimum Gasteiger partial charge on any atom is -0.471 e. The summed E-state index contributed by atoms with van der Waals surface area (Å²) in [4.78, 5) is 69.6. The van der Waals surface area contributed by atoms with Crippen molar-refractivity contribution < 1.29 is 41.1 Å². The average Bonchev–Trinajstić information content (AvgIpc) is 4.01. The van der Waals surface area contributed by atoms with Crippen molar-refractivity contribution in [1.82, 2.24) is 35.2 Å². The van der Waals surface area contributed by atoms with Crippen LogP contribution in [0.25, 0.3) is 11.0 Å². The first-order valence-corrected chi connectivity index (χ1v) is 19.6. The van der Waals surface area contributed by atoms with Crippen LogP contribution in [0.5, 0.6) is 5.88 Å². The minimum absolute atomic E-state index is 0.00627. The van der Waals surface area contributed by atoms with E-state index in [0.29, 0.717) is 49.7 Å². The second-order valence-electron chi connectivity index (χ2n) is 14.8. The Hall–Kier alpha value is -5.06. The molecule has 4 amide bonds. The molecule has 17 heteroatoms. The fraction of sp³-hybridized carbons (Fsp3) is 0.486. The number of pyridine rings is 1. The molecule has 0 unspecified atom stereocenters. The maximum atomic E-state index is 14.7. The number of fused-ring (bicyclic) bond motifs is 3. The number of halogens is 2. The molecule has 14 nitrogen and oxygen atoms in total. The van der Waals surface area contributed by atoms with Crippen LogP contribution in [0.15, 0.2) is 48.8 Å². The lowest BCUT2D eigenvalue weighted by Crippen LogP contribution is -2.58. The number of aryl methyl sites for hydroxylation is 1. The maximum absolute atomic E-state index is 14.7. The van der Waals surface area contributed by atoms with Gasteiger partial charge in [0.1, 0.15) is 34.9 Å². The van der Waals surface area contributed by atoms with E-state index in [2.05, 4.69) is 30.3 Å². The number of ether oxygens (including phenoxy) is 1. The van der Waals surface area contributed by atoms with Gasteiger partial charge in [0.2, 0.25) is 27.7 Å². The molecule has 2 aromatic heterocycles. The Morgan fingerprint density at radius 1 is 1.07 bits per heavy atom. The van der Waals surface area contributed by atoms with Crippen molar-refractivity contribution >= 4 is 44.7 Å². The number of carbonyl (C=O) groups is 4. The first-order chi connectivity index (χ1) is 25.7. The molecule has 2 aliphatic carbocycles. The number of amides is 4. The van der Waals surface area contributed by atoms with Crippen LogP contribution >= 0.6 is 0 Å². The van der Waals surface area contributed by atoms with Crippen molar-refractivity contribution in [2.45, 2.75) is 100 Å². The van der Waals surface area contributed by atoms with E-state index >= 15 is 0 Å². The number of nitrogens with zero attached hydrogens (tertiary/aromatic N) is 4. The van der Waals surface area contributed by atoms with Crippen LogP contribution in [0.1, 0.15) is 80.8 Å². The Kier molecular flexibility index (Phi) is 9.87. The highest BCUT2D eigenvalue weighted by Gasteiger charge is 2.63. The van der Waals surface area contributed by atoms with Gasteiger partial charge in [0.25, 0.3) is 11.8 Å². The number of hydrogen-bond acceptors (Lipinski definition) is 10. The summed E-state index contributed by atoms with van der Waals surface area (Å²) in [7, 11) is -4.04. The van der Waals surface area contributed by atoms with Crippen molar-refractivity contribution in [3.63, 3.8) is 0 Å². The summed E-state index contributed by atoms with van der Waals surface area (Å²) in [6.07, 6.45) is 8.51. The zero-order valence-corrected chi connectivity index (χ0v) is 30.6. The van der Waals surface area contributed by atoms with E-state index < -0.39 is 79.7 Å². The van der Waals surface area contributed by atoms with Gasteiger partial charge in [-0.15, -0.1) is 0 Å². The van der Waals surface area contributed by atoms with Crippen molar-refractivity contribution in [1.29, 1.82) is 0 Å². The van der Waals surface area contributed by atoms with Crippen LogP contribution in [0.4, 0.5) is 8.78 Å². The normalized spacial score (nSPS) is 26.8. The number of hydrogen-bond donors (Lipinski definition) is 3. The van der Waals surface area contributed by atoms with Crippen molar-refractivity contribution in [2.24, 2.45) is 5.92 Å². The third kappa shape index (κ3) is 7.24. The number of rotatable bonds is 7. The molecule has 3 aromatic rings. The molecule has 54 heavy (non-hydrogen) atoms. The second-order valence-corrected chi connectivity index (χ2v) is 17.0. The van der Waals surface area contributed by atoms with E-state index in [1.165, 1.54) is 29.3 Å². The SMILES string of the molecule is Cc1nc2cccc(F)c2nc1O[C@@H]1C[C@H]2C(=O)N[C@]3(C(=O)NS(=O)(=O)C4(C)CC4)C[C@H]3C=CCCCCC[C@H](NC(=O)c3ccncc3F)C(=O)N2C1. The molecule has 1 saturated heterocycles. The molecule has 3 N–H and O–H groups in total. The fourth-order valence-corrected chi connectivity index (χ4v) is 8.44. The third-order valence-corrected chi connectivity index (χ3v) is 13.0. The topological polar surface area (TPSA) is 190 Å². The van der Waals surface area contributed by atoms with E-state index in [0.717, 1.165) is 6.20 Å². The Morgan fingerprint density at radius 3 is 2.63 bits per heavy atom. The van der Waals surface area contributed by atoms with Gasteiger partial charge in [0, 0.05) is 18.5 Å². The summed E-state index contributed by atoms with van der Waals surface area (Å²) in [5, 5.41) is 5.46. The zero-order valence-electron chi connectivity index (χ0n) is 29.8. The summed E-state index contributed by atoms with van der Waals surface area (Å²) in [5.41, 5.74) is -1.28. The van der Waals surface area contributed by atoms with Crippen LogP contribution < -0.4 is 20.1 Å². The summed E-state index contributed by atoms with van der Waals surface area (Å²) < 4.78 is 62.8. The van der Waals surface area contributed by atoms with Crippen LogP contribution in [0.2, 0.25) is 0 Å². The molecule has 2 aliphatic heterocycles. The van der Waals surface area contributed by atoms with E-state index in [-0.39, 0.29) is 42.8 Å². The summed E-state index contributed by atoms with van der Waals surface area (Å²) in [5.74, 6) is -5.07. The van der Waals surface area contributed by atoms with Gasteiger partial charge in [0.05, 0.1) is 28.6 Å². The molecule has 4 heterocycles. The van der Waals surface area contributed by atoms with Gasteiger partial charge < -0.3 is 20.3 Å². The fourth-order valence-electron chi connectivity index (χ4n) is 7.13. The molecule has 3 fully saturated rings. The zero-order chi connectivity index (χ0) is 38.4. The predicted octanol–water partition coefficient (Wildman–Crippen LogP) is 3.15. The molecular formula is C37H41F2N7O7S. The lowest BCUT2D eigenvalue weighted by Gasteiger charge is -2.30. The molecule has 2 saturated carbocycles. The van der Waals surface area contributed by atoms with Gasteiger partial charge in [0.15, 0.2) is 11.6 Å². The van der Waals surface area contributed by atoms with E-state index in [9.17, 15) is 36.4 Å². The summed E-state index contributed by atoms with van der Waals surface area (Å²) in [6.45, 7) is 3.01. The summed E-state index contributed by atoms with van der Waals surface area (Å²) in [6, 6.07) is 3.12. The Morgan fingerprint density at radius 2 is 1.87 bits per heavy atom. The van der Waals surface area contributed by atoms with Crippen LogP contribution in [-0.2, 0) is 24.4 Å². The van der Waals surface area contributed by atoms with Crippen molar-refractivity contribution in [2.75, 3.05) is 6.54 Å². The monoisotopic (exact) mass is 765 g/mol. The molecular weight excluding hydrogens is 725 g/mol. The lowest BCUT2D eigenvalue weighted by molar-refractivity contribution is -0.141. The Bertz CT molecular complexity index is 2160. The third-order valence-electron chi connectivity index (χ3n) is 10.9. The van der Waals surface area contributed by atoms with E-state index in [1.54, 1.807) is 26.0 Å². The van der Waals surface area contributed by atoms with Crippen LogP contribution in [0.3, 0.4) is 0 Å². The molecule has 7 rings (SSSR count). The van der Waals surface area contributed by atoms with Crippen molar-refractivity contribution in [3.05, 3.63) is 71.7 Å².